The van der Waals surface area contributed by atoms with Gasteiger partial charge in [0.05, 0.1) is 31.9 Å². The number of hydrogen-bond acceptors (Lipinski definition) is 6. The van der Waals surface area contributed by atoms with Gasteiger partial charge in [-0.3, -0.25) is 0 Å². The molecule has 0 saturated heterocycles. The highest BCUT2D eigenvalue weighted by Crippen LogP contribution is 2.27. The molecule has 1 rings (SSSR count). The molecule has 1 aromatic carbocycles. The maximum absolute atomic E-state index is 13.3. The van der Waals surface area contributed by atoms with Crippen molar-refractivity contribution >= 4 is 29.5 Å². The largest absolute Gasteiger partial charge is 0.224 e. The van der Waals surface area contributed by atoms with Gasteiger partial charge in [-0.05, 0) is 37.5 Å². The van der Waals surface area contributed by atoms with Gasteiger partial charge >= 0.3 is 0 Å². The zero-order valence-electron chi connectivity index (χ0n) is 26.9. The van der Waals surface area contributed by atoms with E-state index in [4.69, 9.17) is 0 Å². The molecule has 0 aliphatic carbocycles. The van der Waals surface area contributed by atoms with E-state index < -0.39 is 29.5 Å². The van der Waals surface area contributed by atoms with Crippen LogP contribution < -0.4 is 0 Å². The van der Waals surface area contributed by atoms with Gasteiger partial charge in [-0.25, -0.2) is 25.3 Å². The summed E-state index contributed by atoms with van der Waals surface area (Å²) in [7, 11) is -11.5. The first kappa shape index (κ1) is 39.1. The smallest absolute Gasteiger partial charge is 0.178 e. The molecule has 42 heavy (non-hydrogen) atoms. The van der Waals surface area contributed by atoms with Crippen LogP contribution in [-0.2, 0) is 29.5 Å². The Bertz CT molecular complexity index is 1010. The summed E-state index contributed by atoms with van der Waals surface area (Å²) in [6.07, 6.45) is 20.3. The fraction of sp³-hybridized carbons (Fsp3) is 0.818. The van der Waals surface area contributed by atoms with Crippen molar-refractivity contribution in [3.63, 3.8) is 0 Å². The Kier molecular flexibility index (Phi) is 20.2. The quantitative estimate of drug-likeness (QED) is 0.0881. The summed E-state index contributed by atoms with van der Waals surface area (Å²) >= 11 is 0. The average molecular weight is 649 g/mol. The van der Waals surface area contributed by atoms with Gasteiger partial charge in [0.25, 0.3) is 0 Å². The molecule has 0 unspecified atom stereocenters. The van der Waals surface area contributed by atoms with Crippen molar-refractivity contribution in [1.82, 2.24) is 0 Å². The predicted molar refractivity (Wildman–Crippen MR) is 177 cm³/mol. The lowest BCUT2D eigenvalue weighted by molar-refractivity contribution is 0.575. The molecule has 0 aliphatic rings. The fourth-order valence-corrected chi connectivity index (χ4v) is 9.71. The molecule has 9 heteroatoms. The first-order chi connectivity index (χ1) is 20.0. The fourth-order valence-electron chi connectivity index (χ4n) is 5.19. The monoisotopic (exact) mass is 648 g/mol. The Morgan fingerprint density at radius 1 is 0.333 bits per heavy atom. The van der Waals surface area contributed by atoms with Crippen LogP contribution in [0.5, 0.6) is 0 Å². The molecular formula is C33H60O6S3. The molecule has 0 bridgehead atoms. The van der Waals surface area contributed by atoms with Crippen LogP contribution in [0.4, 0.5) is 0 Å². The van der Waals surface area contributed by atoms with E-state index in [0.29, 0.717) is 19.3 Å². The lowest BCUT2D eigenvalue weighted by atomic mass is 10.1. The van der Waals surface area contributed by atoms with Crippen LogP contribution in [0.2, 0.25) is 0 Å². The third kappa shape index (κ3) is 16.2. The molecule has 6 nitrogen and oxygen atoms in total. The maximum Gasteiger partial charge on any atom is 0.178 e. The molecule has 0 aromatic heterocycles. The van der Waals surface area contributed by atoms with Gasteiger partial charge in [-0.1, -0.05) is 136 Å². The van der Waals surface area contributed by atoms with Crippen LogP contribution in [-0.4, -0.2) is 42.5 Å². The summed E-state index contributed by atoms with van der Waals surface area (Å²) in [5.41, 5.74) is 0. The number of rotatable bonds is 27. The number of sulfone groups is 3. The first-order valence-corrected chi connectivity index (χ1v) is 21.8. The van der Waals surface area contributed by atoms with E-state index in [1.54, 1.807) is 0 Å². The van der Waals surface area contributed by atoms with Gasteiger partial charge in [-0.15, -0.1) is 0 Å². The van der Waals surface area contributed by atoms with Crippen molar-refractivity contribution in [2.75, 3.05) is 17.3 Å². The molecule has 0 fully saturated rings. The molecule has 0 N–H and O–H groups in total. The number of benzene rings is 1. The number of unbranched alkanes of at least 4 members (excludes halogenated alkanes) is 18. The van der Waals surface area contributed by atoms with E-state index in [9.17, 15) is 25.3 Å². The molecule has 0 spiro atoms. The minimum absolute atomic E-state index is 0.112. The summed E-state index contributed by atoms with van der Waals surface area (Å²) in [6.45, 7) is 6.45. The summed E-state index contributed by atoms with van der Waals surface area (Å²) in [5, 5.41) is 0. The predicted octanol–water partition coefficient (Wildman–Crippen LogP) is 9.26. The standard InChI is InChI=1S/C33H60O6S3/c1-4-7-10-13-16-19-22-25-40(34,35)31-28-32(41(36,37)26-23-20-17-14-11-8-5-2)30-33(29-31)42(38,39)27-24-21-18-15-12-9-6-3/h28-30H,4-27H2,1-3H3. The highest BCUT2D eigenvalue weighted by Gasteiger charge is 2.25. The zero-order chi connectivity index (χ0) is 31.3. The molecule has 0 aliphatic heterocycles. The minimum atomic E-state index is -3.83. The van der Waals surface area contributed by atoms with Crippen molar-refractivity contribution < 1.29 is 25.3 Å². The second kappa shape index (κ2) is 21.7. The van der Waals surface area contributed by atoms with Crippen molar-refractivity contribution in [2.24, 2.45) is 0 Å². The molecule has 0 heterocycles. The van der Waals surface area contributed by atoms with Crippen molar-refractivity contribution in [1.29, 1.82) is 0 Å². The van der Waals surface area contributed by atoms with E-state index in [0.717, 1.165) is 96.3 Å². The van der Waals surface area contributed by atoms with Gasteiger partial charge in [0, 0.05) is 0 Å². The second-order valence-electron chi connectivity index (χ2n) is 12.0. The van der Waals surface area contributed by atoms with E-state index in [-0.39, 0.29) is 31.9 Å². The maximum atomic E-state index is 13.3. The van der Waals surface area contributed by atoms with Crippen LogP contribution in [0.3, 0.4) is 0 Å². The second-order valence-corrected chi connectivity index (χ2v) is 18.3. The van der Waals surface area contributed by atoms with Gasteiger partial charge in [0.15, 0.2) is 29.5 Å². The van der Waals surface area contributed by atoms with Crippen LogP contribution in [0.15, 0.2) is 32.9 Å². The lowest BCUT2D eigenvalue weighted by Gasteiger charge is -2.12. The highest BCUT2D eigenvalue weighted by atomic mass is 32.2. The van der Waals surface area contributed by atoms with Crippen LogP contribution >= 0.6 is 0 Å². The minimum Gasteiger partial charge on any atom is -0.224 e. The molecule has 246 valence electrons. The lowest BCUT2D eigenvalue weighted by Crippen LogP contribution is -2.14. The van der Waals surface area contributed by atoms with Crippen LogP contribution in [0.25, 0.3) is 0 Å². The summed E-state index contributed by atoms with van der Waals surface area (Å²) < 4.78 is 79.8. The molecule has 0 radical (unpaired) electrons. The third-order valence-corrected chi connectivity index (χ3v) is 13.3. The van der Waals surface area contributed by atoms with Gasteiger partial charge in [0.2, 0.25) is 0 Å². The highest BCUT2D eigenvalue weighted by molar-refractivity contribution is 7.93. The third-order valence-electron chi connectivity index (χ3n) is 7.98. The summed E-state index contributed by atoms with van der Waals surface area (Å²) in [4.78, 5) is -0.563. The summed E-state index contributed by atoms with van der Waals surface area (Å²) in [6, 6.07) is 3.58. The zero-order valence-corrected chi connectivity index (χ0v) is 29.3. The Morgan fingerprint density at radius 3 is 0.738 bits per heavy atom. The van der Waals surface area contributed by atoms with Gasteiger partial charge in [-0.2, -0.15) is 0 Å². The van der Waals surface area contributed by atoms with E-state index in [1.807, 2.05) is 0 Å². The Labute approximate surface area is 259 Å². The van der Waals surface area contributed by atoms with Crippen molar-refractivity contribution in [3.8, 4) is 0 Å². The molecule has 0 amide bonds. The van der Waals surface area contributed by atoms with E-state index >= 15 is 0 Å². The molecule has 0 saturated carbocycles. The SMILES string of the molecule is CCCCCCCCCS(=O)(=O)c1cc(S(=O)(=O)CCCCCCCCC)cc(S(=O)(=O)CCCCCCCCC)c1. The van der Waals surface area contributed by atoms with Crippen LogP contribution in [0, 0.1) is 0 Å². The topological polar surface area (TPSA) is 102 Å². The van der Waals surface area contributed by atoms with Crippen LogP contribution in [0.1, 0.15) is 156 Å². The average Bonchev–Trinajstić information content (AvgIpc) is 2.95. The Morgan fingerprint density at radius 2 is 0.524 bits per heavy atom. The van der Waals surface area contributed by atoms with Gasteiger partial charge < -0.3 is 0 Å². The van der Waals surface area contributed by atoms with Crippen molar-refractivity contribution in [3.05, 3.63) is 18.2 Å². The Hall–Kier alpha value is -0.930. The van der Waals surface area contributed by atoms with Gasteiger partial charge in [0.1, 0.15) is 0 Å². The number of hydrogen-bond donors (Lipinski definition) is 0. The molecule has 0 atom stereocenters. The van der Waals surface area contributed by atoms with E-state index in [1.165, 1.54) is 37.5 Å². The summed E-state index contributed by atoms with van der Waals surface area (Å²) in [5.74, 6) is -0.335. The normalized spacial score (nSPS) is 12.6. The molecule has 1 aromatic rings. The first-order valence-electron chi connectivity index (χ1n) is 16.8. The van der Waals surface area contributed by atoms with Crippen molar-refractivity contribution in [2.45, 2.75) is 170 Å². The molecular weight excluding hydrogens is 589 g/mol. The van der Waals surface area contributed by atoms with E-state index in [2.05, 4.69) is 20.8 Å². The Balaban J connectivity index is 3.06.